The van der Waals surface area contributed by atoms with Gasteiger partial charge in [0.1, 0.15) is 23.7 Å². The summed E-state index contributed by atoms with van der Waals surface area (Å²) in [6.07, 6.45) is 4.83. The van der Waals surface area contributed by atoms with Crippen molar-refractivity contribution in [2.45, 2.75) is 108 Å². The van der Waals surface area contributed by atoms with Gasteiger partial charge in [-0.3, -0.25) is 4.79 Å². The third kappa shape index (κ3) is 11.2. The Morgan fingerprint density at radius 1 is 0.909 bits per heavy atom. The molecule has 0 bridgehead atoms. The van der Waals surface area contributed by atoms with Crippen molar-refractivity contribution in [1.82, 2.24) is 5.32 Å². The van der Waals surface area contributed by atoms with Gasteiger partial charge in [-0.15, -0.1) is 0 Å². The number of esters is 1. The van der Waals surface area contributed by atoms with Gasteiger partial charge in [0.25, 0.3) is 0 Å². The molecule has 1 fully saturated rings. The number of nitrogens with one attached hydrogen (secondary N) is 1. The summed E-state index contributed by atoms with van der Waals surface area (Å²) in [7, 11) is 3.85. The molecule has 33 heavy (non-hydrogen) atoms. The lowest BCUT2D eigenvalue weighted by molar-refractivity contribution is -0.235. The fourth-order valence-corrected chi connectivity index (χ4v) is 5.94. The predicted octanol–water partition coefficient (Wildman–Crippen LogP) is 4.30. The van der Waals surface area contributed by atoms with Gasteiger partial charge in [0.15, 0.2) is 5.37 Å². The molecule has 1 saturated heterocycles. The number of ether oxygens (including phenoxy) is 5. The smallest absolute Gasteiger partial charge is 0.339 e. The van der Waals surface area contributed by atoms with E-state index in [2.05, 4.69) is 26.1 Å². The van der Waals surface area contributed by atoms with Crippen LogP contribution in [0.15, 0.2) is 0 Å². The molecule has 1 aliphatic rings. The zero-order valence-corrected chi connectivity index (χ0v) is 22.6. The highest BCUT2D eigenvalue weighted by atomic mass is 33.1. The summed E-state index contributed by atoms with van der Waals surface area (Å²) in [4.78, 5) is 23.7. The average molecular weight is 510 g/mol. The fourth-order valence-electron chi connectivity index (χ4n) is 3.26. The molecule has 1 rings (SSSR count). The number of hydrogen-bond acceptors (Lipinski definition) is 9. The molecule has 0 aromatic carbocycles. The largest absolute Gasteiger partial charge is 0.467 e. The summed E-state index contributed by atoms with van der Waals surface area (Å²) in [6, 6.07) is 0. The van der Waals surface area contributed by atoms with Crippen molar-refractivity contribution in [2.75, 3.05) is 26.9 Å². The van der Waals surface area contributed by atoms with Crippen LogP contribution in [0.4, 0.5) is 0 Å². The van der Waals surface area contributed by atoms with E-state index < -0.39 is 16.8 Å². The minimum absolute atomic E-state index is 0.213. The number of hydrogen-bond donors (Lipinski definition) is 1. The monoisotopic (exact) mass is 509 g/mol. The summed E-state index contributed by atoms with van der Waals surface area (Å²) >= 11 is 0. The molecule has 0 spiro atoms. The van der Waals surface area contributed by atoms with E-state index in [1.165, 1.54) is 35.6 Å². The Labute approximate surface area is 207 Å². The summed E-state index contributed by atoms with van der Waals surface area (Å²) < 4.78 is 30.0. The van der Waals surface area contributed by atoms with E-state index >= 15 is 0 Å². The third-order valence-electron chi connectivity index (χ3n) is 5.15. The summed E-state index contributed by atoms with van der Waals surface area (Å²) in [5, 5.41) is 1.78. The van der Waals surface area contributed by atoms with Crippen molar-refractivity contribution in [3.63, 3.8) is 0 Å². The van der Waals surface area contributed by atoms with E-state index in [1.54, 1.807) is 0 Å². The predicted molar refractivity (Wildman–Crippen MR) is 133 cm³/mol. The molecule has 0 radical (unpaired) electrons. The number of rotatable bonds is 17. The first kappa shape index (κ1) is 30.5. The maximum Gasteiger partial charge on any atom is 0.339 e. The van der Waals surface area contributed by atoms with E-state index in [4.69, 9.17) is 23.7 Å². The van der Waals surface area contributed by atoms with Crippen LogP contribution in [0.1, 0.15) is 73.1 Å². The standard InChI is InChI=1S/C23H43NO7S2/c1-7-10-13-28-18-16(4)31-23(33-32-21(22(26)27-6)24-17(5)25)20(30-15-12-9-3)19(18)29-14-11-8-2/h16,18-21,23H,7-15H2,1-6H3,(H,24,25)/t16?,18-,19?,20?,21?,23+/m1/s1. The third-order valence-corrected chi connectivity index (χ3v) is 7.81. The van der Waals surface area contributed by atoms with E-state index in [9.17, 15) is 9.59 Å². The first-order chi connectivity index (χ1) is 15.9. The highest BCUT2D eigenvalue weighted by molar-refractivity contribution is 8.77. The SMILES string of the molecule is CCCCOC1C(OCCCC)[C@H](SSC(NC(C)=O)C(=O)OC)OC(C)[C@H]1OCCCC. The Morgan fingerprint density at radius 3 is 1.91 bits per heavy atom. The molecule has 1 amide bonds. The Morgan fingerprint density at radius 2 is 1.42 bits per heavy atom. The maximum absolute atomic E-state index is 12.1. The second-order valence-electron chi connectivity index (χ2n) is 8.07. The van der Waals surface area contributed by atoms with Crippen LogP contribution >= 0.6 is 21.6 Å². The Hall–Kier alpha value is -0.520. The number of amides is 1. The van der Waals surface area contributed by atoms with Crippen LogP contribution in [0.3, 0.4) is 0 Å². The molecular weight excluding hydrogens is 466 g/mol. The fraction of sp³-hybridized carbons (Fsp3) is 0.913. The van der Waals surface area contributed by atoms with Gasteiger partial charge in [0.2, 0.25) is 5.91 Å². The van der Waals surface area contributed by atoms with Crippen LogP contribution in [0.25, 0.3) is 0 Å². The summed E-state index contributed by atoms with van der Waals surface area (Å²) in [6.45, 7) is 11.6. The van der Waals surface area contributed by atoms with Gasteiger partial charge < -0.3 is 29.0 Å². The molecule has 1 N–H and O–H groups in total. The van der Waals surface area contributed by atoms with E-state index in [0.29, 0.717) is 19.8 Å². The molecular formula is C23H43NO7S2. The molecule has 4 unspecified atom stereocenters. The normalized spacial score (nSPS) is 26.1. The number of carbonyl (C=O) groups is 2. The molecule has 1 aliphatic heterocycles. The molecule has 6 atom stereocenters. The highest BCUT2D eigenvalue weighted by Gasteiger charge is 2.47. The van der Waals surface area contributed by atoms with Crippen molar-refractivity contribution in [2.24, 2.45) is 0 Å². The quantitative estimate of drug-likeness (QED) is 0.133. The van der Waals surface area contributed by atoms with Crippen molar-refractivity contribution in [1.29, 1.82) is 0 Å². The molecule has 0 aliphatic carbocycles. The summed E-state index contributed by atoms with van der Waals surface area (Å²) in [5.41, 5.74) is -0.402. The van der Waals surface area contributed by atoms with E-state index in [0.717, 1.165) is 38.5 Å². The molecule has 0 aromatic rings. The van der Waals surface area contributed by atoms with Crippen LogP contribution in [0.2, 0.25) is 0 Å². The van der Waals surface area contributed by atoms with Crippen LogP contribution in [0, 0.1) is 0 Å². The first-order valence-corrected chi connectivity index (χ1v) is 14.3. The lowest BCUT2D eigenvalue weighted by Gasteiger charge is -2.45. The zero-order chi connectivity index (χ0) is 24.6. The number of unbranched alkanes of at least 4 members (excludes halogenated alkanes) is 3. The molecule has 1 heterocycles. The van der Waals surface area contributed by atoms with Gasteiger partial charge >= 0.3 is 5.97 Å². The lowest BCUT2D eigenvalue weighted by atomic mass is 10.00. The van der Waals surface area contributed by atoms with Crippen LogP contribution in [0.5, 0.6) is 0 Å². The molecule has 0 saturated carbocycles. The average Bonchev–Trinajstić information content (AvgIpc) is 2.79. The topological polar surface area (TPSA) is 92.3 Å². The van der Waals surface area contributed by atoms with Crippen molar-refractivity contribution < 1.29 is 33.3 Å². The Balaban J connectivity index is 3.03. The van der Waals surface area contributed by atoms with Gasteiger partial charge in [-0.2, -0.15) is 0 Å². The molecule has 8 nitrogen and oxygen atoms in total. The van der Waals surface area contributed by atoms with Gasteiger partial charge in [-0.25, -0.2) is 4.79 Å². The van der Waals surface area contributed by atoms with Crippen molar-refractivity contribution in [3.05, 3.63) is 0 Å². The van der Waals surface area contributed by atoms with E-state index in [-0.39, 0.29) is 30.3 Å². The van der Waals surface area contributed by atoms with Gasteiger partial charge in [0, 0.05) is 26.7 Å². The van der Waals surface area contributed by atoms with Crippen molar-refractivity contribution >= 4 is 33.5 Å². The van der Waals surface area contributed by atoms with Crippen LogP contribution in [-0.4, -0.2) is 74.0 Å². The highest BCUT2D eigenvalue weighted by Crippen LogP contribution is 2.40. The Kier molecular flexibility index (Phi) is 16.5. The minimum Gasteiger partial charge on any atom is -0.467 e. The first-order valence-electron chi connectivity index (χ1n) is 12.1. The van der Waals surface area contributed by atoms with Crippen molar-refractivity contribution in [3.8, 4) is 0 Å². The van der Waals surface area contributed by atoms with Gasteiger partial charge in [0.05, 0.1) is 13.2 Å². The van der Waals surface area contributed by atoms with E-state index in [1.807, 2.05) is 6.92 Å². The molecule has 10 heteroatoms. The number of carbonyl (C=O) groups excluding carboxylic acids is 2. The zero-order valence-electron chi connectivity index (χ0n) is 21.0. The Bertz CT molecular complexity index is 555. The van der Waals surface area contributed by atoms with Gasteiger partial charge in [-0.1, -0.05) is 61.6 Å². The minimum atomic E-state index is -0.842. The second kappa shape index (κ2) is 17.8. The van der Waals surface area contributed by atoms with Gasteiger partial charge in [-0.05, 0) is 26.2 Å². The second-order valence-corrected chi connectivity index (χ2v) is 10.5. The van der Waals surface area contributed by atoms with Crippen LogP contribution < -0.4 is 5.32 Å². The lowest BCUT2D eigenvalue weighted by Crippen LogP contribution is -2.58. The maximum atomic E-state index is 12.1. The van der Waals surface area contributed by atoms with Crippen LogP contribution in [-0.2, 0) is 33.3 Å². The summed E-state index contributed by atoms with van der Waals surface area (Å²) in [5.74, 6) is -0.830. The number of methoxy groups -OCH3 is 1. The molecule has 194 valence electrons. The molecule has 0 aromatic heterocycles.